The van der Waals surface area contributed by atoms with E-state index in [1.165, 1.54) is 0 Å². The van der Waals surface area contributed by atoms with Crippen molar-refractivity contribution in [3.63, 3.8) is 0 Å². The second kappa shape index (κ2) is 5.30. The number of aromatic nitrogens is 3. The van der Waals surface area contributed by atoms with Gasteiger partial charge in [0.1, 0.15) is 5.69 Å². The Kier molecular flexibility index (Phi) is 3.50. The Labute approximate surface area is 124 Å². The maximum Gasteiger partial charge on any atom is 0.231 e. The zero-order valence-electron chi connectivity index (χ0n) is 10.9. The summed E-state index contributed by atoms with van der Waals surface area (Å²) in [5, 5.41) is 5.05. The molecule has 1 atom stereocenters. The van der Waals surface area contributed by atoms with Gasteiger partial charge in [0.15, 0.2) is 0 Å². The maximum absolute atomic E-state index is 5.60. The molecule has 0 radical (unpaired) electrons. The monoisotopic (exact) mass is 332 g/mol. The lowest BCUT2D eigenvalue weighted by atomic mass is 10.2. The van der Waals surface area contributed by atoms with Gasteiger partial charge in [-0.2, -0.15) is 4.98 Å². The van der Waals surface area contributed by atoms with Crippen LogP contribution in [0.3, 0.4) is 0 Å². The standard InChI is InChI=1S/C14H13BrN4O/c1-8(7-16)14-18-13(19-20-14)12-10(15)6-9-4-2-3-5-11(9)17-12/h2-6,8H,7,16H2,1H3. The van der Waals surface area contributed by atoms with Crippen LogP contribution in [0, 0.1) is 0 Å². The summed E-state index contributed by atoms with van der Waals surface area (Å²) in [6.07, 6.45) is 0. The number of nitrogens with zero attached hydrogens (tertiary/aromatic N) is 3. The lowest BCUT2D eigenvalue weighted by molar-refractivity contribution is 0.361. The molecule has 0 fully saturated rings. The first-order chi connectivity index (χ1) is 9.69. The number of nitrogens with two attached hydrogens (primary N) is 1. The van der Waals surface area contributed by atoms with Crippen LogP contribution in [0.25, 0.3) is 22.4 Å². The average molecular weight is 333 g/mol. The Bertz CT molecular complexity index is 756. The van der Waals surface area contributed by atoms with Crippen molar-refractivity contribution in [2.24, 2.45) is 5.73 Å². The molecule has 0 aliphatic carbocycles. The smallest absolute Gasteiger partial charge is 0.231 e. The third kappa shape index (κ3) is 2.32. The van der Waals surface area contributed by atoms with Gasteiger partial charge in [-0.3, -0.25) is 0 Å². The van der Waals surface area contributed by atoms with Gasteiger partial charge in [-0.15, -0.1) is 0 Å². The summed E-state index contributed by atoms with van der Waals surface area (Å²) in [6.45, 7) is 2.41. The van der Waals surface area contributed by atoms with Crippen molar-refractivity contribution in [1.29, 1.82) is 0 Å². The van der Waals surface area contributed by atoms with E-state index < -0.39 is 0 Å². The van der Waals surface area contributed by atoms with E-state index in [1.807, 2.05) is 37.3 Å². The van der Waals surface area contributed by atoms with Gasteiger partial charge in [0, 0.05) is 22.3 Å². The number of hydrogen-bond acceptors (Lipinski definition) is 5. The Morgan fingerprint density at radius 3 is 2.90 bits per heavy atom. The van der Waals surface area contributed by atoms with Crippen molar-refractivity contribution in [1.82, 2.24) is 15.1 Å². The first kappa shape index (κ1) is 13.2. The van der Waals surface area contributed by atoms with Crippen LogP contribution < -0.4 is 5.73 Å². The van der Waals surface area contributed by atoms with Crippen LogP contribution in [-0.4, -0.2) is 21.7 Å². The van der Waals surface area contributed by atoms with Crippen molar-refractivity contribution >= 4 is 26.8 Å². The molecule has 20 heavy (non-hydrogen) atoms. The van der Waals surface area contributed by atoms with Gasteiger partial charge < -0.3 is 10.3 Å². The topological polar surface area (TPSA) is 77.8 Å². The molecule has 102 valence electrons. The Balaban J connectivity index is 2.09. The third-order valence-electron chi connectivity index (χ3n) is 3.11. The van der Waals surface area contributed by atoms with E-state index in [2.05, 4.69) is 31.1 Å². The van der Waals surface area contributed by atoms with Gasteiger partial charge in [0.2, 0.25) is 11.7 Å². The summed E-state index contributed by atoms with van der Waals surface area (Å²) in [4.78, 5) is 8.95. The number of para-hydroxylation sites is 1. The van der Waals surface area contributed by atoms with Crippen LogP contribution in [0.15, 0.2) is 39.3 Å². The van der Waals surface area contributed by atoms with E-state index in [4.69, 9.17) is 10.3 Å². The fourth-order valence-electron chi connectivity index (χ4n) is 1.88. The molecule has 3 aromatic rings. The molecule has 0 saturated heterocycles. The Morgan fingerprint density at radius 2 is 2.10 bits per heavy atom. The lowest BCUT2D eigenvalue weighted by Crippen LogP contribution is -2.09. The highest BCUT2D eigenvalue weighted by atomic mass is 79.9. The minimum absolute atomic E-state index is 0.0375. The summed E-state index contributed by atoms with van der Waals surface area (Å²) in [7, 11) is 0. The maximum atomic E-state index is 5.60. The van der Waals surface area contributed by atoms with Gasteiger partial charge in [-0.25, -0.2) is 4.98 Å². The number of pyridine rings is 1. The largest absolute Gasteiger partial charge is 0.339 e. The van der Waals surface area contributed by atoms with Gasteiger partial charge in [0.05, 0.1) is 5.52 Å². The molecule has 0 saturated carbocycles. The highest BCUT2D eigenvalue weighted by Crippen LogP contribution is 2.28. The molecule has 5 nitrogen and oxygen atoms in total. The highest BCUT2D eigenvalue weighted by molar-refractivity contribution is 9.10. The molecular formula is C14H13BrN4O. The molecule has 3 rings (SSSR count). The van der Waals surface area contributed by atoms with Gasteiger partial charge in [0.25, 0.3) is 0 Å². The van der Waals surface area contributed by atoms with Crippen LogP contribution in [0.5, 0.6) is 0 Å². The van der Waals surface area contributed by atoms with Crippen LogP contribution in [0.4, 0.5) is 0 Å². The normalized spacial score (nSPS) is 12.8. The zero-order valence-corrected chi connectivity index (χ0v) is 12.5. The van der Waals surface area contributed by atoms with Gasteiger partial charge in [-0.1, -0.05) is 30.3 Å². The second-order valence-electron chi connectivity index (χ2n) is 4.60. The molecule has 0 spiro atoms. The molecule has 2 aromatic heterocycles. The van der Waals surface area contributed by atoms with E-state index >= 15 is 0 Å². The number of fused-ring (bicyclic) bond motifs is 1. The number of rotatable bonds is 3. The molecule has 0 aliphatic heterocycles. The van der Waals surface area contributed by atoms with Gasteiger partial charge in [-0.05, 0) is 28.1 Å². The molecule has 0 bridgehead atoms. The molecule has 0 aliphatic rings. The number of halogens is 1. The fraction of sp³-hybridized carbons (Fsp3) is 0.214. The zero-order chi connectivity index (χ0) is 14.1. The minimum Gasteiger partial charge on any atom is -0.339 e. The van der Waals surface area contributed by atoms with E-state index in [0.717, 1.165) is 15.4 Å². The first-order valence-electron chi connectivity index (χ1n) is 6.28. The molecule has 2 N–H and O–H groups in total. The summed E-state index contributed by atoms with van der Waals surface area (Å²) in [5.41, 5.74) is 7.17. The summed E-state index contributed by atoms with van der Waals surface area (Å²) < 4.78 is 6.07. The predicted octanol–water partition coefficient (Wildman–Crippen LogP) is 3.11. The van der Waals surface area contributed by atoms with Crippen molar-refractivity contribution in [3.05, 3.63) is 40.7 Å². The first-order valence-corrected chi connectivity index (χ1v) is 7.07. The molecular weight excluding hydrogens is 320 g/mol. The van der Waals surface area contributed by atoms with Crippen molar-refractivity contribution in [2.75, 3.05) is 6.54 Å². The summed E-state index contributed by atoms with van der Waals surface area (Å²) in [6, 6.07) is 9.89. The van der Waals surface area contributed by atoms with E-state index in [0.29, 0.717) is 24.0 Å². The van der Waals surface area contributed by atoms with Crippen LogP contribution in [0.2, 0.25) is 0 Å². The van der Waals surface area contributed by atoms with Crippen molar-refractivity contribution in [2.45, 2.75) is 12.8 Å². The minimum atomic E-state index is 0.0375. The molecule has 6 heteroatoms. The highest BCUT2D eigenvalue weighted by Gasteiger charge is 2.17. The SMILES string of the molecule is CC(CN)c1nc(-c2nc3ccccc3cc2Br)no1. The quantitative estimate of drug-likeness (QED) is 0.797. The third-order valence-corrected chi connectivity index (χ3v) is 3.71. The van der Waals surface area contributed by atoms with Crippen LogP contribution in [-0.2, 0) is 0 Å². The molecule has 1 aromatic carbocycles. The molecule has 1 unspecified atom stereocenters. The lowest BCUT2D eigenvalue weighted by Gasteiger charge is -2.02. The fourth-order valence-corrected chi connectivity index (χ4v) is 2.39. The number of hydrogen-bond donors (Lipinski definition) is 1. The van der Waals surface area contributed by atoms with Crippen LogP contribution >= 0.6 is 15.9 Å². The molecule has 2 heterocycles. The van der Waals surface area contributed by atoms with Crippen molar-refractivity contribution in [3.8, 4) is 11.5 Å². The van der Waals surface area contributed by atoms with E-state index in [-0.39, 0.29) is 5.92 Å². The van der Waals surface area contributed by atoms with Gasteiger partial charge >= 0.3 is 0 Å². The second-order valence-corrected chi connectivity index (χ2v) is 5.46. The average Bonchev–Trinajstić information content (AvgIpc) is 2.95. The number of benzene rings is 1. The predicted molar refractivity (Wildman–Crippen MR) is 80.2 cm³/mol. The Morgan fingerprint density at radius 1 is 1.30 bits per heavy atom. The molecule has 0 amide bonds. The van der Waals surface area contributed by atoms with Crippen molar-refractivity contribution < 1.29 is 4.52 Å². The van der Waals surface area contributed by atoms with E-state index in [1.54, 1.807) is 0 Å². The summed E-state index contributed by atoms with van der Waals surface area (Å²) in [5.74, 6) is 1.04. The van der Waals surface area contributed by atoms with Crippen LogP contribution in [0.1, 0.15) is 18.7 Å². The Hall–Kier alpha value is -1.79. The van der Waals surface area contributed by atoms with E-state index in [9.17, 15) is 0 Å². The summed E-state index contributed by atoms with van der Waals surface area (Å²) >= 11 is 3.51.